The Labute approximate surface area is 326 Å². The van der Waals surface area contributed by atoms with Crippen LogP contribution in [0.15, 0.2) is 188 Å². The summed E-state index contributed by atoms with van der Waals surface area (Å²) in [6, 6.07) is 67.6. The molecule has 0 unspecified atom stereocenters. The Hall–Kier alpha value is -7.10. The molecule has 0 fully saturated rings. The van der Waals surface area contributed by atoms with E-state index >= 15 is 0 Å². The van der Waals surface area contributed by atoms with Crippen molar-refractivity contribution in [2.24, 2.45) is 0 Å². The monoisotopic (exact) mass is 715 g/mol. The average molecular weight is 716 g/mol. The molecular formula is C53H37N3. The maximum atomic E-state index is 5.29. The van der Waals surface area contributed by atoms with E-state index in [9.17, 15) is 0 Å². The Kier molecular flexibility index (Phi) is 7.20. The van der Waals surface area contributed by atoms with Gasteiger partial charge in [-0.2, -0.15) is 0 Å². The second-order valence-corrected chi connectivity index (χ2v) is 15.4. The van der Waals surface area contributed by atoms with Gasteiger partial charge in [-0.1, -0.05) is 166 Å². The van der Waals surface area contributed by atoms with Gasteiger partial charge in [0, 0.05) is 38.6 Å². The molecule has 11 rings (SSSR count). The van der Waals surface area contributed by atoms with Crippen LogP contribution in [0.2, 0.25) is 0 Å². The summed E-state index contributed by atoms with van der Waals surface area (Å²) >= 11 is 0. The Morgan fingerprint density at radius 3 is 1.86 bits per heavy atom. The summed E-state index contributed by atoms with van der Waals surface area (Å²) in [5, 5.41) is 4.97. The van der Waals surface area contributed by atoms with E-state index in [-0.39, 0.29) is 5.41 Å². The van der Waals surface area contributed by atoms with Gasteiger partial charge in [0.2, 0.25) is 0 Å². The first-order chi connectivity index (χ1) is 27.5. The SMILES string of the molecule is CC1(C)c2cc3ccccc3cc2-c2c(-c3ccc(-c4cc(-c5cccc6c7ccccc7n(-c7ccccc7)c56)nc(-c5ccccc5)n4)cc3)cccc21. The van der Waals surface area contributed by atoms with E-state index in [1.807, 2.05) is 18.2 Å². The van der Waals surface area contributed by atoms with Crippen LogP contribution in [-0.2, 0) is 5.41 Å². The van der Waals surface area contributed by atoms with Crippen LogP contribution >= 0.6 is 0 Å². The summed E-state index contributed by atoms with van der Waals surface area (Å²) in [7, 11) is 0. The molecule has 8 aromatic carbocycles. The molecule has 264 valence electrons. The standard InChI is InChI=1S/C53H37N3/c1-53(2)45-25-14-22-40(50(45)44-31-37-17-9-10-18-38(37)32-46(44)53)34-27-29-35(30-28-34)47-33-48(55-52(54-47)36-15-5-3-6-16-36)43-24-13-23-42-41-21-11-12-26-49(41)56(51(42)43)39-19-7-4-8-20-39/h3-33H,1-2H3. The maximum absolute atomic E-state index is 5.29. The smallest absolute Gasteiger partial charge is 0.160 e. The van der Waals surface area contributed by atoms with Crippen LogP contribution < -0.4 is 0 Å². The van der Waals surface area contributed by atoms with Gasteiger partial charge in [0.05, 0.1) is 22.4 Å². The number of hydrogen-bond acceptors (Lipinski definition) is 2. The van der Waals surface area contributed by atoms with Gasteiger partial charge in [-0.25, -0.2) is 9.97 Å². The molecule has 0 bridgehead atoms. The molecule has 1 aliphatic rings. The molecule has 0 saturated carbocycles. The lowest BCUT2D eigenvalue weighted by Crippen LogP contribution is -2.14. The van der Waals surface area contributed by atoms with E-state index in [2.05, 4.69) is 188 Å². The lowest BCUT2D eigenvalue weighted by molar-refractivity contribution is 0.661. The molecule has 0 amide bonds. The molecule has 2 heterocycles. The third-order valence-electron chi connectivity index (χ3n) is 11.8. The van der Waals surface area contributed by atoms with E-state index < -0.39 is 0 Å². The van der Waals surface area contributed by atoms with Crippen molar-refractivity contribution in [1.82, 2.24) is 14.5 Å². The van der Waals surface area contributed by atoms with Crippen LogP contribution in [0.25, 0.3) is 94.4 Å². The summed E-state index contributed by atoms with van der Waals surface area (Å²) in [5.74, 6) is 0.702. The van der Waals surface area contributed by atoms with Crippen molar-refractivity contribution in [2.75, 3.05) is 0 Å². The molecule has 1 aliphatic carbocycles. The molecule has 10 aromatic rings. The number of fused-ring (bicyclic) bond motifs is 7. The highest BCUT2D eigenvalue weighted by atomic mass is 15.0. The van der Waals surface area contributed by atoms with Gasteiger partial charge in [-0.3, -0.25) is 0 Å². The molecule has 56 heavy (non-hydrogen) atoms. The van der Waals surface area contributed by atoms with E-state index in [0.29, 0.717) is 5.82 Å². The predicted molar refractivity (Wildman–Crippen MR) is 233 cm³/mol. The maximum Gasteiger partial charge on any atom is 0.160 e. The van der Waals surface area contributed by atoms with E-state index in [1.165, 1.54) is 60.4 Å². The third-order valence-corrected chi connectivity index (χ3v) is 11.8. The molecule has 0 atom stereocenters. The first kappa shape index (κ1) is 32.3. The number of aromatic nitrogens is 3. The first-order valence-corrected chi connectivity index (χ1v) is 19.3. The minimum atomic E-state index is -0.0923. The number of benzene rings is 8. The minimum absolute atomic E-state index is 0.0923. The Morgan fingerprint density at radius 1 is 0.429 bits per heavy atom. The van der Waals surface area contributed by atoms with Crippen LogP contribution in [0.4, 0.5) is 0 Å². The van der Waals surface area contributed by atoms with Crippen LogP contribution in [0.3, 0.4) is 0 Å². The van der Waals surface area contributed by atoms with Gasteiger partial charge in [0.25, 0.3) is 0 Å². The zero-order valence-electron chi connectivity index (χ0n) is 31.2. The quantitative estimate of drug-likeness (QED) is 0.178. The van der Waals surface area contributed by atoms with Crippen LogP contribution in [0, 0.1) is 0 Å². The van der Waals surface area contributed by atoms with Crippen molar-refractivity contribution < 1.29 is 0 Å². The fourth-order valence-corrected chi connectivity index (χ4v) is 9.05. The van der Waals surface area contributed by atoms with Crippen molar-refractivity contribution in [3.8, 4) is 61.8 Å². The lowest BCUT2D eigenvalue weighted by atomic mass is 9.81. The van der Waals surface area contributed by atoms with Crippen molar-refractivity contribution in [2.45, 2.75) is 19.3 Å². The van der Waals surface area contributed by atoms with E-state index in [4.69, 9.17) is 9.97 Å². The summed E-state index contributed by atoms with van der Waals surface area (Å²) in [6.45, 7) is 4.71. The first-order valence-electron chi connectivity index (χ1n) is 19.3. The highest BCUT2D eigenvalue weighted by Gasteiger charge is 2.37. The van der Waals surface area contributed by atoms with Crippen molar-refractivity contribution in [1.29, 1.82) is 0 Å². The molecule has 3 nitrogen and oxygen atoms in total. The number of nitrogens with zero attached hydrogens (tertiary/aromatic N) is 3. The largest absolute Gasteiger partial charge is 0.309 e. The van der Waals surface area contributed by atoms with Crippen molar-refractivity contribution in [3.63, 3.8) is 0 Å². The summed E-state index contributed by atoms with van der Waals surface area (Å²) < 4.78 is 2.37. The lowest BCUT2D eigenvalue weighted by Gasteiger charge is -2.22. The van der Waals surface area contributed by atoms with Crippen molar-refractivity contribution in [3.05, 3.63) is 199 Å². The predicted octanol–water partition coefficient (Wildman–Crippen LogP) is 13.7. The summed E-state index contributed by atoms with van der Waals surface area (Å²) in [6.07, 6.45) is 0. The Bertz CT molecular complexity index is 3140. The van der Waals surface area contributed by atoms with E-state index in [0.717, 1.165) is 39.3 Å². The van der Waals surface area contributed by atoms with Crippen LogP contribution in [-0.4, -0.2) is 14.5 Å². The zero-order valence-corrected chi connectivity index (χ0v) is 31.2. The highest BCUT2D eigenvalue weighted by molar-refractivity contribution is 6.13. The number of rotatable bonds is 5. The molecule has 3 heteroatoms. The van der Waals surface area contributed by atoms with Gasteiger partial charge in [0.1, 0.15) is 0 Å². The fourth-order valence-electron chi connectivity index (χ4n) is 9.05. The second-order valence-electron chi connectivity index (χ2n) is 15.4. The normalized spacial score (nSPS) is 13.0. The Morgan fingerprint density at radius 2 is 1.05 bits per heavy atom. The Balaban J connectivity index is 1.08. The molecule has 0 saturated heterocycles. The summed E-state index contributed by atoms with van der Waals surface area (Å²) in [4.78, 5) is 10.5. The summed E-state index contributed by atoms with van der Waals surface area (Å²) in [5.41, 5.74) is 16.1. The minimum Gasteiger partial charge on any atom is -0.309 e. The fraction of sp³-hybridized carbons (Fsp3) is 0.0566. The molecule has 0 aliphatic heterocycles. The molecule has 0 spiro atoms. The van der Waals surface area contributed by atoms with Gasteiger partial charge in [-0.15, -0.1) is 0 Å². The topological polar surface area (TPSA) is 30.7 Å². The molecule has 0 radical (unpaired) electrons. The van der Waals surface area contributed by atoms with Gasteiger partial charge in [-0.05, 0) is 80.6 Å². The van der Waals surface area contributed by atoms with Crippen LogP contribution in [0.1, 0.15) is 25.0 Å². The van der Waals surface area contributed by atoms with Gasteiger partial charge in [0.15, 0.2) is 5.82 Å². The zero-order chi connectivity index (χ0) is 37.4. The molecule has 0 N–H and O–H groups in total. The highest BCUT2D eigenvalue weighted by Crippen LogP contribution is 2.53. The molecule has 2 aromatic heterocycles. The van der Waals surface area contributed by atoms with Crippen LogP contribution in [0.5, 0.6) is 0 Å². The number of hydrogen-bond donors (Lipinski definition) is 0. The average Bonchev–Trinajstić information content (AvgIpc) is 3.71. The van der Waals surface area contributed by atoms with Crippen molar-refractivity contribution >= 4 is 32.6 Å². The van der Waals surface area contributed by atoms with E-state index in [1.54, 1.807) is 0 Å². The third kappa shape index (κ3) is 4.98. The second kappa shape index (κ2) is 12.5. The van der Waals surface area contributed by atoms with Gasteiger partial charge < -0.3 is 4.57 Å². The molecular weight excluding hydrogens is 679 g/mol. The van der Waals surface area contributed by atoms with Gasteiger partial charge >= 0.3 is 0 Å². The number of para-hydroxylation sites is 3.